The molecule has 7 heteroatoms. The van der Waals surface area contributed by atoms with E-state index in [-0.39, 0.29) is 17.5 Å². The molecule has 38 heavy (non-hydrogen) atoms. The monoisotopic (exact) mass is 512 g/mol. The summed E-state index contributed by atoms with van der Waals surface area (Å²) in [6, 6.07) is 18.4. The van der Waals surface area contributed by atoms with Crippen molar-refractivity contribution in [3.63, 3.8) is 0 Å². The molecule has 1 N–H and O–H groups in total. The molecule has 1 saturated carbocycles. The third kappa shape index (κ3) is 5.14. The zero-order chi connectivity index (χ0) is 26.6. The van der Waals surface area contributed by atoms with Crippen LogP contribution in [0.5, 0.6) is 5.88 Å². The number of carbonyl (C=O) groups excluding carboxylic acids is 1. The molecule has 1 atom stereocenters. The molecule has 4 aromatic rings. The summed E-state index contributed by atoms with van der Waals surface area (Å²) in [4.78, 5) is 29.7. The number of carboxylic acids is 1. The van der Waals surface area contributed by atoms with Crippen molar-refractivity contribution in [3.8, 4) is 17.0 Å². The third-order valence-electron chi connectivity index (χ3n) is 7.23. The number of imidazole rings is 1. The fourth-order valence-electron chi connectivity index (χ4n) is 5.24. The van der Waals surface area contributed by atoms with Crippen LogP contribution in [0.25, 0.3) is 16.8 Å². The number of pyridine rings is 1. The van der Waals surface area contributed by atoms with Gasteiger partial charge >= 0.3 is 11.9 Å². The van der Waals surface area contributed by atoms with Gasteiger partial charge in [-0.3, -0.25) is 9.20 Å². The highest BCUT2D eigenvalue weighted by Crippen LogP contribution is 2.34. The lowest BCUT2D eigenvalue weighted by atomic mass is 9.89. The Hall–Kier alpha value is -4.13. The summed E-state index contributed by atoms with van der Waals surface area (Å²) >= 11 is 0. The van der Waals surface area contributed by atoms with Gasteiger partial charge in [-0.05, 0) is 61.1 Å². The lowest BCUT2D eigenvalue weighted by molar-refractivity contribution is -0.153. The molecular formula is C31H32N2O5. The largest absolute Gasteiger partial charge is 0.478 e. The van der Waals surface area contributed by atoms with E-state index in [0.717, 1.165) is 60.1 Å². The van der Waals surface area contributed by atoms with Crippen molar-refractivity contribution < 1.29 is 24.2 Å². The smallest absolute Gasteiger partial charge is 0.336 e. The molecule has 1 fully saturated rings. The molecule has 5 rings (SSSR count). The van der Waals surface area contributed by atoms with Crippen molar-refractivity contribution in [2.45, 2.75) is 52.1 Å². The highest BCUT2D eigenvalue weighted by molar-refractivity contribution is 5.96. The second-order valence-corrected chi connectivity index (χ2v) is 9.77. The summed E-state index contributed by atoms with van der Waals surface area (Å²) in [5.41, 5.74) is 4.95. The summed E-state index contributed by atoms with van der Waals surface area (Å²) in [7, 11) is 0. The number of esters is 1. The Balaban J connectivity index is 1.56. The van der Waals surface area contributed by atoms with Crippen molar-refractivity contribution in [1.82, 2.24) is 9.38 Å². The average molecular weight is 513 g/mol. The molecule has 0 bridgehead atoms. The summed E-state index contributed by atoms with van der Waals surface area (Å²) < 4.78 is 13.9. The van der Waals surface area contributed by atoms with Crippen LogP contribution in [-0.2, 0) is 9.53 Å². The molecular weight excluding hydrogens is 480 g/mol. The minimum Gasteiger partial charge on any atom is -0.478 e. The highest BCUT2D eigenvalue weighted by atomic mass is 16.5. The number of ether oxygens (including phenoxy) is 2. The predicted octanol–water partition coefficient (Wildman–Crippen LogP) is 6.62. The maximum absolute atomic E-state index is 13.3. The molecule has 0 unspecified atom stereocenters. The number of benzene rings is 2. The van der Waals surface area contributed by atoms with Gasteiger partial charge in [-0.1, -0.05) is 67.8 Å². The lowest BCUT2D eigenvalue weighted by Crippen LogP contribution is -2.24. The Kier molecular flexibility index (Phi) is 7.45. The first-order chi connectivity index (χ1) is 18.5. The average Bonchev–Trinajstić information content (AvgIpc) is 3.38. The van der Waals surface area contributed by atoms with Crippen LogP contribution in [0.15, 0.2) is 66.9 Å². The number of rotatable bonds is 8. The Morgan fingerprint density at radius 2 is 1.76 bits per heavy atom. The van der Waals surface area contributed by atoms with Gasteiger partial charge in [0.1, 0.15) is 5.65 Å². The highest BCUT2D eigenvalue weighted by Gasteiger charge is 2.29. The topological polar surface area (TPSA) is 90.1 Å². The number of hydrogen-bond acceptors (Lipinski definition) is 5. The van der Waals surface area contributed by atoms with Crippen LogP contribution < -0.4 is 4.74 Å². The van der Waals surface area contributed by atoms with Crippen LogP contribution in [0, 0.1) is 12.8 Å². The maximum Gasteiger partial charge on any atom is 0.336 e. The minimum atomic E-state index is -0.976. The van der Waals surface area contributed by atoms with Gasteiger partial charge < -0.3 is 14.6 Å². The summed E-state index contributed by atoms with van der Waals surface area (Å²) in [5.74, 6) is -0.748. The Bertz CT molecular complexity index is 1450. The van der Waals surface area contributed by atoms with Crippen molar-refractivity contribution in [3.05, 3.63) is 89.2 Å². The second kappa shape index (κ2) is 11.1. The van der Waals surface area contributed by atoms with E-state index in [0.29, 0.717) is 18.1 Å². The number of aromatic nitrogens is 2. The summed E-state index contributed by atoms with van der Waals surface area (Å²) in [6.07, 6.45) is 6.09. The van der Waals surface area contributed by atoms with Crippen LogP contribution in [0.1, 0.15) is 72.3 Å². The molecule has 0 spiro atoms. The molecule has 2 aromatic carbocycles. The number of aromatic carboxylic acids is 1. The van der Waals surface area contributed by atoms with Crippen molar-refractivity contribution in [1.29, 1.82) is 0 Å². The molecule has 0 saturated heterocycles. The number of nitrogens with zero attached hydrogens (tertiary/aromatic N) is 2. The van der Waals surface area contributed by atoms with Crippen LogP contribution in [0.2, 0.25) is 0 Å². The molecule has 0 amide bonds. The standard InChI is InChI=1S/C31H32N2O5/c1-3-37-27-19-33-26(18-13-20(2)29(33)32-27)28(38-31(36)23-9-5-4-6-10-23)22-16-14-21(15-17-22)24-11-7-8-12-25(24)30(34)35/h7-8,11-19,23,28H,3-6,9-10H2,1-2H3,(H,34,35)/t28-/m1/s1. The zero-order valence-electron chi connectivity index (χ0n) is 21.7. The summed E-state index contributed by atoms with van der Waals surface area (Å²) in [5, 5.41) is 9.63. The van der Waals surface area contributed by atoms with E-state index in [1.807, 2.05) is 66.9 Å². The van der Waals surface area contributed by atoms with Gasteiger partial charge in [0.05, 0.1) is 30.0 Å². The molecule has 196 valence electrons. The van der Waals surface area contributed by atoms with Crippen molar-refractivity contribution in [2.75, 3.05) is 6.61 Å². The van der Waals surface area contributed by atoms with E-state index in [1.165, 1.54) is 0 Å². The number of fused-ring (bicyclic) bond motifs is 1. The predicted molar refractivity (Wildman–Crippen MR) is 144 cm³/mol. The summed E-state index contributed by atoms with van der Waals surface area (Å²) in [6.45, 7) is 4.40. The fourth-order valence-corrected chi connectivity index (χ4v) is 5.24. The number of aryl methyl sites for hydroxylation is 1. The van der Waals surface area contributed by atoms with Crippen LogP contribution in [0.4, 0.5) is 0 Å². The van der Waals surface area contributed by atoms with Gasteiger partial charge in [0.2, 0.25) is 5.88 Å². The van der Waals surface area contributed by atoms with E-state index in [4.69, 9.17) is 9.47 Å². The van der Waals surface area contributed by atoms with Gasteiger partial charge in [-0.2, -0.15) is 4.98 Å². The minimum absolute atomic E-state index is 0.101. The van der Waals surface area contributed by atoms with E-state index in [9.17, 15) is 14.7 Å². The molecule has 7 nitrogen and oxygen atoms in total. The van der Waals surface area contributed by atoms with Crippen LogP contribution in [0.3, 0.4) is 0 Å². The van der Waals surface area contributed by atoms with Crippen LogP contribution >= 0.6 is 0 Å². The first-order valence-corrected chi connectivity index (χ1v) is 13.2. The fraction of sp³-hybridized carbons (Fsp3) is 0.323. The molecule has 0 radical (unpaired) electrons. The normalized spacial score (nSPS) is 14.8. The maximum atomic E-state index is 13.3. The van der Waals surface area contributed by atoms with Gasteiger partial charge in [0.25, 0.3) is 0 Å². The van der Waals surface area contributed by atoms with E-state index >= 15 is 0 Å². The molecule has 1 aliphatic rings. The van der Waals surface area contributed by atoms with Gasteiger partial charge in [0.15, 0.2) is 6.10 Å². The Morgan fingerprint density at radius 3 is 2.47 bits per heavy atom. The third-order valence-corrected chi connectivity index (χ3v) is 7.23. The zero-order valence-corrected chi connectivity index (χ0v) is 21.7. The molecule has 1 aliphatic carbocycles. The number of carbonyl (C=O) groups is 2. The molecule has 2 aromatic heterocycles. The van der Waals surface area contributed by atoms with E-state index in [2.05, 4.69) is 4.98 Å². The Labute approximate surface area is 222 Å². The van der Waals surface area contributed by atoms with Gasteiger partial charge in [-0.25, -0.2) is 4.79 Å². The SMILES string of the molecule is CCOc1cn2c([C@H](OC(=O)C3CCCCC3)c3ccc(-c4ccccc4C(=O)O)cc3)ccc(C)c2n1. The van der Waals surface area contributed by atoms with Crippen molar-refractivity contribution in [2.24, 2.45) is 5.92 Å². The van der Waals surface area contributed by atoms with Gasteiger partial charge in [0, 0.05) is 0 Å². The van der Waals surface area contributed by atoms with Crippen molar-refractivity contribution >= 4 is 17.6 Å². The Morgan fingerprint density at radius 1 is 1.03 bits per heavy atom. The van der Waals surface area contributed by atoms with Gasteiger partial charge in [-0.15, -0.1) is 0 Å². The first kappa shape index (κ1) is 25.5. The second-order valence-electron chi connectivity index (χ2n) is 9.77. The number of carboxylic acid groups (broad SMARTS) is 1. The lowest BCUT2D eigenvalue weighted by Gasteiger charge is -2.25. The van der Waals surface area contributed by atoms with E-state index < -0.39 is 12.1 Å². The molecule has 0 aliphatic heterocycles. The number of hydrogen-bond donors (Lipinski definition) is 1. The van der Waals surface area contributed by atoms with E-state index in [1.54, 1.807) is 18.2 Å². The van der Waals surface area contributed by atoms with Crippen LogP contribution in [-0.4, -0.2) is 33.0 Å². The molecule has 2 heterocycles. The quantitative estimate of drug-likeness (QED) is 0.267. The first-order valence-electron chi connectivity index (χ1n) is 13.2.